The van der Waals surface area contributed by atoms with E-state index in [1.807, 2.05) is 0 Å². The number of alkyl halides is 4. The van der Waals surface area contributed by atoms with E-state index in [1.165, 1.54) is 18.2 Å². The van der Waals surface area contributed by atoms with E-state index in [0.29, 0.717) is 0 Å². The summed E-state index contributed by atoms with van der Waals surface area (Å²) in [6.07, 6.45) is -4.06. The van der Waals surface area contributed by atoms with Gasteiger partial charge in [-0.15, -0.1) is 0 Å². The number of halogens is 5. The number of hydrogen-bond donors (Lipinski definition) is 1. The fraction of sp³-hybridized carbons (Fsp3) is 0.250. The van der Waals surface area contributed by atoms with Gasteiger partial charge in [-0.2, -0.15) is 8.78 Å². The van der Waals surface area contributed by atoms with Crippen LogP contribution in [0.5, 0.6) is 0 Å². The first-order valence-electron chi connectivity index (χ1n) is 3.94. The second kappa shape index (κ2) is 4.77. The van der Waals surface area contributed by atoms with Crippen LogP contribution in [0.25, 0.3) is 0 Å². The smallest absolute Gasteiger partial charge is 0.305 e. The van der Waals surface area contributed by atoms with Crippen molar-refractivity contribution in [1.82, 2.24) is 4.98 Å². The third-order valence-electron chi connectivity index (χ3n) is 1.53. The molecule has 1 aromatic heterocycles. The van der Waals surface area contributed by atoms with Gasteiger partial charge in [0.2, 0.25) is 0 Å². The Balaban J connectivity index is 2.79. The maximum atomic E-state index is 12.5. The first kappa shape index (κ1) is 12.9. The fourth-order valence-corrected chi connectivity index (χ4v) is 1.12. The lowest BCUT2D eigenvalue weighted by Gasteiger charge is -2.14. The van der Waals surface area contributed by atoms with Gasteiger partial charge >= 0.3 is 18.3 Å². The van der Waals surface area contributed by atoms with Crippen LogP contribution < -0.4 is 5.32 Å². The molecule has 0 aliphatic carbocycles. The Morgan fingerprint density at radius 2 is 2.06 bits per heavy atom. The molecule has 0 fully saturated rings. The van der Waals surface area contributed by atoms with E-state index in [0.717, 1.165) is 0 Å². The molecule has 3 nitrogen and oxygen atoms in total. The van der Waals surface area contributed by atoms with Crippen LogP contribution in [-0.4, -0.2) is 23.2 Å². The second-order valence-electron chi connectivity index (χ2n) is 2.72. The molecule has 16 heavy (non-hydrogen) atoms. The summed E-state index contributed by atoms with van der Waals surface area (Å²) in [6, 6.07) is 4.10. The van der Waals surface area contributed by atoms with Crippen LogP contribution >= 0.6 is 15.9 Å². The van der Waals surface area contributed by atoms with Gasteiger partial charge in [-0.25, -0.2) is 13.8 Å². The molecule has 1 aromatic rings. The molecule has 0 aliphatic rings. The van der Waals surface area contributed by atoms with Crippen molar-refractivity contribution in [2.45, 2.75) is 12.3 Å². The summed E-state index contributed by atoms with van der Waals surface area (Å²) in [6.45, 7) is 0. The molecule has 0 aromatic carbocycles. The van der Waals surface area contributed by atoms with Crippen LogP contribution in [0, 0.1) is 0 Å². The lowest BCUT2D eigenvalue weighted by molar-refractivity contribution is -0.163. The molecule has 0 radical (unpaired) electrons. The number of carbonyl (C=O) groups excluding carboxylic acids is 1. The lowest BCUT2D eigenvalue weighted by Crippen LogP contribution is -2.41. The summed E-state index contributed by atoms with van der Waals surface area (Å²) in [5, 5.41) is 1.59. The largest absolute Gasteiger partial charge is 0.383 e. The van der Waals surface area contributed by atoms with Crippen molar-refractivity contribution in [3.63, 3.8) is 0 Å². The number of rotatable bonds is 3. The maximum Gasteiger partial charge on any atom is 0.383 e. The number of pyridine rings is 1. The van der Waals surface area contributed by atoms with Crippen molar-refractivity contribution in [3.8, 4) is 0 Å². The topological polar surface area (TPSA) is 42.0 Å². The molecular formula is C8H5BrF4N2O. The Bertz CT molecular complexity index is 399. The van der Waals surface area contributed by atoms with Gasteiger partial charge in [-0.05, 0) is 28.1 Å². The Kier molecular flexibility index (Phi) is 3.84. The van der Waals surface area contributed by atoms with E-state index < -0.39 is 18.3 Å². The minimum Gasteiger partial charge on any atom is -0.305 e. The number of nitrogens with one attached hydrogen (secondary N) is 1. The van der Waals surface area contributed by atoms with Crippen LogP contribution in [0.15, 0.2) is 22.8 Å². The van der Waals surface area contributed by atoms with E-state index in [4.69, 9.17) is 0 Å². The Morgan fingerprint density at radius 3 is 2.56 bits per heavy atom. The molecule has 0 spiro atoms. The van der Waals surface area contributed by atoms with Crippen molar-refractivity contribution in [2.24, 2.45) is 0 Å². The standard InChI is InChI=1S/C8H5BrF4N2O/c9-4-2-1-3-5(14-4)15-7(16)8(12,13)6(10)11/h1-3,6H,(H,14,15,16). The molecule has 1 heterocycles. The molecule has 1 N–H and O–H groups in total. The number of nitrogens with zero attached hydrogens (tertiary/aromatic N) is 1. The summed E-state index contributed by atoms with van der Waals surface area (Å²) in [5.41, 5.74) is 0. The number of amides is 1. The van der Waals surface area contributed by atoms with Crippen LogP contribution in [-0.2, 0) is 4.79 Å². The first-order chi connectivity index (χ1) is 7.34. The van der Waals surface area contributed by atoms with Crippen molar-refractivity contribution in [3.05, 3.63) is 22.8 Å². The first-order valence-corrected chi connectivity index (χ1v) is 4.73. The second-order valence-corrected chi connectivity index (χ2v) is 3.54. The van der Waals surface area contributed by atoms with Gasteiger partial charge in [0.25, 0.3) is 0 Å². The fourth-order valence-electron chi connectivity index (χ4n) is 0.777. The zero-order valence-corrected chi connectivity index (χ0v) is 9.14. The minimum atomic E-state index is -4.73. The maximum absolute atomic E-state index is 12.5. The quantitative estimate of drug-likeness (QED) is 0.689. The summed E-state index contributed by atoms with van der Waals surface area (Å²) >= 11 is 2.93. The van der Waals surface area contributed by atoms with E-state index in [-0.39, 0.29) is 10.4 Å². The predicted octanol–water partition coefficient (Wildman–Crippen LogP) is 2.68. The van der Waals surface area contributed by atoms with Crippen LogP contribution in [0.1, 0.15) is 0 Å². The van der Waals surface area contributed by atoms with Gasteiger partial charge in [0, 0.05) is 0 Å². The number of hydrogen-bond acceptors (Lipinski definition) is 2. The lowest BCUT2D eigenvalue weighted by atomic mass is 10.3. The van der Waals surface area contributed by atoms with Gasteiger partial charge in [-0.3, -0.25) is 4.79 Å². The minimum absolute atomic E-state index is 0.236. The highest BCUT2D eigenvalue weighted by molar-refractivity contribution is 9.10. The molecule has 0 unspecified atom stereocenters. The van der Waals surface area contributed by atoms with Crippen molar-refractivity contribution in [1.29, 1.82) is 0 Å². The predicted molar refractivity (Wildman–Crippen MR) is 51.5 cm³/mol. The molecule has 0 atom stereocenters. The Labute approximate surface area is 96.0 Å². The van der Waals surface area contributed by atoms with Crippen LogP contribution in [0.2, 0.25) is 0 Å². The molecule has 8 heteroatoms. The summed E-state index contributed by atoms with van der Waals surface area (Å²) in [4.78, 5) is 14.4. The third-order valence-corrected chi connectivity index (χ3v) is 1.98. The SMILES string of the molecule is O=C(Nc1cccc(Br)n1)C(F)(F)C(F)F. The molecule has 0 bridgehead atoms. The van der Waals surface area contributed by atoms with E-state index in [9.17, 15) is 22.4 Å². The average Bonchev–Trinajstić information content (AvgIpc) is 2.17. The molecule has 0 saturated heterocycles. The van der Waals surface area contributed by atoms with E-state index in [1.54, 1.807) is 5.32 Å². The summed E-state index contributed by atoms with van der Waals surface area (Å²) in [5.74, 6) is -7.06. The van der Waals surface area contributed by atoms with E-state index >= 15 is 0 Å². The summed E-state index contributed by atoms with van der Waals surface area (Å²) in [7, 11) is 0. The van der Waals surface area contributed by atoms with Crippen molar-refractivity contribution >= 4 is 27.7 Å². The van der Waals surface area contributed by atoms with Crippen molar-refractivity contribution in [2.75, 3.05) is 5.32 Å². The van der Waals surface area contributed by atoms with Crippen LogP contribution in [0.3, 0.4) is 0 Å². The highest BCUT2D eigenvalue weighted by atomic mass is 79.9. The molecule has 0 saturated carbocycles. The van der Waals surface area contributed by atoms with Gasteiger partial charge in [0.15, 0.2) is 0 Å². The highest BCUT2D eigenvalue weighted by Crippen LogP contribution is 2.24. The molecule has 1 rings (SSSR count). The average molecular weight is 301 g/mol. The highest BCUT2D eigenvalue weighted by Gasteiger charge is 2.49. The van der Waals surface area contributed by atoms with Gasteiger partial charge in [-0.1, -0.05) is 6.07 Å². The van der Waals surface area contributed by atoms with E-state index in [2.05, 4.69) is 20.9 Å². The number of carbonyl (C=O) groups is 1. The molecule has 1 amide bonds. The Hall–Kier alpha value is -1.18. The van der Waals surface area contributed by atoms with Crippen LogP contribution in [0.4, 0.5) is 23.4 Å². The summed E-state index contributed by atoms with van der Waals surface area (Å²) < 4.78 is 48.9. The molecule has 0 aliphatic heterocycles. The molecular weight excluding hydrogens is 296 g/mol. The number of aromatic nitrogens is 1. The zero-order chi connectivity index (χ0) is 12.3. The Morgan fingerprint density at radius 1 is 1.44 bits per heavy atom. The zero-order valence-electron chi connectivity index (χ0n) is 7.55. The third kappa shape index (κ3) is 2.91. The normalized spacial score (nSPS) is 11.6. The molecule has 88 valence electrons. The van der Waals surface area contributed by atoms with Gasteiger partial charge in [0.05, 0.1) is 0 Å². The van der Waals surface area contributed by atoms with Gasteiger partial charge < -0.3 is 5.32 Å². The number of anilines is 1. The van der Waals surface area contributed by atoms with Crippen molar-refractivity contribution < 1.29 is 22.4 Å². The monoisotopic (exact) mass is 300 g/mol. The van der Waals surface area contributed by atoms with Gasteiger partial charge in [0.1, 0.15) is 10.4 Å².